The topological polar surface area (TPSA) is 82.4 Å². The first-order valence-corrected chi connectivity index (χ1v) is 5.50. The summed E-state index contributed by atoms with van der Waals surface area (Å²) in [6, 6.07) is 6.41. The highest BCUT2D eigenvalue weighted by molar-refractivity contribution is 6.01. The Balaban J connectivity index is 2.98. The van der Waals surface area contributed by atoms with E-state index in [2.05, 4.69) is 11.9 Å². The lowest BCUT2D eigenvalue weighted by atomic mass is 10.1. The third kappa shape index (κ3) is 3.89. The van der Waals surface area contributed by atoms with E-state index in [4.69, 9.17) is 10.00 Å². The predicted molar refractivity (Wildman–Crippen MR) is 71.5 cm³/mol. The van der Waals surface area contributed by atoms with E-state index in [0.717, 1.165) is 0 Å². The number of benzene rings is 1. The summed E-state index contributed by atoms with van der Waals surface area (Å²) in [5.74, 6) is -0.218. The average Bonchev–Trinajstić information content (AvgIpc) is 2.42. The van der Waals surface area contributed by atoms with Gasteiger partial charge in [0.15, 0.2) is 11.5 Å². The van der Waals surface area contributed by atoms with Gasteiger partial charge in [0.25, 0.3) is 5.91 Å². The van der Waals surface area contributed by atoms with Crippen LogP contribution in [0.5, 0.6) is 11.5 Å². The molecular weight excluding hydrogens is 244 g/mol. The maximum absolute atomic E-state index is 11.6. The molecule has 0 fully saturated rings. The number of phenolic OH excluding ortho intramolecular Hbond substituents is 1. The predicted octanol–water partition coefficient (Wildman–Crippen LogP) is 1.61. The number of nitriles is 1. The van der Waals surface area contributed by atoms with Crippen LogP contribution in [0.2, 0.25) is 0 Å². The van der Waals surface area contributed by atoms with Gasteiger partial charge in [-0.1, -0.05) is 12.1 Å². The molecule has 0 bridgehead atoms. The number of nitrogens with one attached hydrogen (secondary N) is 1. The van der Waals surface area contributed by atoms with Crippen LogP contribution in [0, 0.1) is 11.3 Å². The van der Waals surface area contributed by atoms with Gasteiger partial charge in [0.1, 0.15) is 11.6 Å². The molecule has 1 rings (SSSR count). The van der Waals surface area contributed by atoms with Crippen LogP contribution in [0.15, 0.2) is 36.4 Å². The molecule has 1 aromatic carbocycles. The fourth-order valence-electron chi connectivity index (χ4n) is 1.37. The molecule has 0 aliphatic heterocycles. The maximum atomic E-state index is 11.6. The highest BCUT2D eigenvalue weighted by Crippen LogP contribution is 2.27. The van der Waals surface area contributed by atoms with E-state index in [1.807, 2.05) is 6.07 Å². The first-order valence-electron chi connectivity index (χ1n) is 5.50. The Morgan fingerprint density at radius 3 is 2.89 bits per heavy atom. The summed E-state index contributed by atoms with van der Waals surface area (Å²) in [5, 5.41) is 21.0. The highest BCUT2D eigenvalue weighted by atomic mass is 16.5. The smallest absolute Gasteiger partial charge is 0.262 e. The molecule has 0 radical (unpaired) electrons. The van der Waals surface area contributed by atoms with Crippen LogP contribution in [0.4, 0.5) is 0 Å². The van der Waals surface area contributed by atoms with Gasteiger partial charge in [0.2, 0.25) is 0 Å². The summed E-state index contributed by atoms with van der Waals surface area (Å²) in [7, 11) is 1.44. The van der Waals surface area contributed by atoms with Crippen molar-refractivity contribution in [3.8, 4) is 17.6 Å². The second-order valence-electron chi connectivity index (χ2n) is 3.60. The Bertz CT molecular complexity index is 556. The minimum absolute atomic E-state index is 0.0496. The van der Waals surface area contributed by atoms with Crippen LogP contribution < -0.4 is 10.1 Å². The van der Waals surface area contributed by atoms with Crippen LogP contribution in [0.25, 0.3) is 6.08 Å². The number of rotatable bonds is 5. The lowest BCUT2D eigenvalue weighted by Crippen LogP contribution is -2.24. The number of ether oxygens (including phenoxy) is 1. The van der Waals surface area contributed by atoms with E-state index in [1.165, 1.54) is 25.3 Å². The highest BCUT2D eigenvalue weighted by Gasteiger charge is 2.08. The van der Waals surface area contributed by atoms with Crippen LogP contribution >= 0.6 is 0 Å². The van der Waals surface area contributed by atoms with E-state index in [9.17, 15) is 9.90 Å². The minimum Gasteiger partial charge on any atom is -0.504 e. The summed E-state index contributed by atoms with van der Waals surface area (Å²) < 4.78 is 4.91. The number of amides is 1. The Morgan fingerprint density at radius 1 is 1.63 bits per heavy atom. The van der Waals surface area contributed by atoms with Crippen molar-refractivity contribution in [2.24, 2.45) is 0 Å². The lowest BCUT2D eigenvalue weighted by molar-refractivity contribution is -0.116. The van der Waals surface area contributed by atoms with Crippen molar-refractivity contribution >= 4 is 12.0 Å². The summed E-state index contributed by atoms with van der Waals surface area (Å²) in [6.45, 7) is 3.75. The molecule has 0 heterocycles. The molecule has 0 unspecified atom stereocenters. The van der Waals surface area contributed by atoms with Gasteiger partial charge in [-0.3, -0.25) is 4.79 Å². The van der Waals surface area contributed by atoms with Crippen molar-refractivity contribution in [3.63, 3.8) is 0 Å². The minimum atomic E-state index is -0.488. The Labute approximate surface area is 111 Å². The zero-order valence-corrected chi connectivity index (χ0v) is 10.5. The first kappa shape index (κ1) is 14.3. The monoisotopic (exact) mass is 258 g/mol. The number of hydrogen-bond acceptors (Lipinski definition) is 4. The zero-order valence-electron chi connectivity index (χ0n) is 10.5. The van der Waals surface area contributed by atoms with Crippen molar-refractivity contribution in [2.45, 2.75) is 0 Å². The SMILES string of the molecule is C=CCNC(=O)/C(C#N)=C/c1ccc(OC)c(O)c1. The molecule has 0 saturated heterocycles. The van der Waals surface area contributed by atoms with Gasteiger partial charge in [-0.2, -0.15) is 5.26 Å². The summed E-state index contributed by atoms with van der Waals surface area (Å²) in [4.78, 5) is 11.6. The summed E-state index contributed by atoms with van der Waals surface area (Å²) >= 11 is 0. The number of carbonyl (C=O) groups excluding carboxylic acids is 1. The summed E-state index contributed by atoms with van der Waals surface area (Å²) in [5.41, 5.74) is 0.481. The standard InChI is InChI=1S/C14H14N2O3/c1-3-6-16-14(18)11(9-15)7-10-4-5-13(19-2)12(17)8-10/h3-5,7-8,17H,1,6H2,2H3,(H,16,18)/b11-7+. The molecule has 19 heavy (non-hydrogen) atoms. The van der Waals surface area contributed by atoms with Crippen LogP contribution in [-0.4, -0.2) is 24.7 Å². The van der Waals surface area contributed by atoms with Crippen molar-refractivity contribution in [1.29, 1.82) is 5.26 Å². The van der Waals surface area contributed by atoms with Crippen molar-refractivity contribution in [3.05, 3.63) is 42.0 Å². The second kappa shape index (κ2) is 6.87. The Hall–Kier alpha value is -2.74. The number of nitrogens with zero attached hydrogens (tertiary/aromatic N) is 1. The van der Waals surface area contributed by atoms with E-state index in [-0.39, 0.29) is 17.9 Å². The molecule has 5 heteroatoms. The molecule has 2 N–H and O–H groups in total. The Kier molecular flexibility index (Phi) is 5.17. The third-order valence-corrected chi connectivity index (χ3v) is 2.29. The number of methoxy groups -OCH3 is 1. The molecule has 0 spiro atoms. The zero-order chi connectivity index (χ0) is 14.3. The Morgan fingerprint density at radius 2 is 2.37 bits per heavy atom. The van der Waals surface area contributed by atoms with Crippen LogP contribution in [-0.2, 0) is 4.79 Å². The quantitative estimate of drug-likeness (QED) is 0.477. The molecule has 0 aliphatic carbocycles. The van der Waals surface area contributed by atoms with Crippen molar-refractivity contribution in [2.75, 3.05) is 13.7 Å². The largest absolute Gasteiger partial charge is 0.504 e. The molecule has 0 saturated carbocycles. The number of phenols is 1. The van der Waals surface area contributed by atoms with Gasteiger partial charge in [-0.05, 0) is 23.8 Å². The van der Waals surface area contributed by atoms with Crippen molar-refractivity contribution in [1.82, 2.24) is 5.32 Å². The molecule has 5 nitrogen and oxygen atoms in total. The fourth-order valence-corrected chi connectivity index (χ4v) is 1.37. The fraction of sp³-hybridized carbons (Fsp3) is 0.143. The van der Waals surface area contributed by atoms with E-state index >= 15 is 0 Å². The number of carbonyl (C=O) groups is 1. The second-order valence-corrected chi connectivity index (χ2v) is 3.60. The summed E-state index contributed by atoms with van der Waals surface area (Å²) in [6.07, 6.45) is 2.91. The van der Waals surface area contributed by atoms with Gasteiger partial charge in [-0.25, -0.2) is 0 Å². The van der Waals surface area contributed by atoms with E-state index in [0.29, 0.717) is 11.3 Å². The first-order chi connectivity index (χ1) is 9.12. The molecule has 0 aliphatic rings. The molecular formula is C14H14N2O3. The van der Waals surface area contributed by atoms with Gasteiger partial charge >= 0.3 is 0 Å². The molecule has 98 valence electrons. The van der Waals surface area contributed by atoms with Gasteiger partial charge in [-0.15, -0.1) is 6.58 Å². The normalized spacial score (nSPS) is 10.4. The van der Waals surface area contributed by atoms with Gasteiger partial charge in [0.05, 0.1) is 7.11 Å². The van der Waals surface area contributed by atoms with Crippen LogP contribution in [0.3, 0.4) is 0 Å². The van der Waals surface area contributed by atoms with Gasteiger partial charge < -0.3 is 15.2 Å². The van der Waals surface area contributed by atoms with E-state index in [1.54, 1.807) is 12.1 Å². The van der Waals surface area contributed by atoms with E-state index < -0.39 is 5.91 Å². The molecule has 0 aromatic heterocycles. The van der Waals surface area contributed by atoms with Crippen molar-refractivity contribution < 1.29 is 14.6 Å². The number of hydrogen-bond donors (Lipinski definition) is 2. The molecule has 1 amide bonds. The van der Waals surface area contributed by atoms with Crippen LogP contribution in [0.1, 0.15) is 5.56 Å². The lowest BCUT2D eigenvalue weighted by Gasteiger charge is -2.04. The molecule has 0 atom stereocenters. The molecule has 1 aromatic rings. The average molecular weight is 258 g/mol. The van der Waals surface area contributed by atoms with Gasteiger partial charge in [0, 0.05) is 6.54 Å². The third-order valence-electron chi connectivity index (χ3n) is 2.29. The number of aromatic hydroxyl groups is 1. The maximum Gasteiger partial charge on any atom is 0.262 e.